The number of Topliss-reactive ketones (excluding diaryl/α,β-unsaturated/α-hetero) is 1. The molecule has 1 aromatic carbocycles. The molecule has 0 aromatic heterocycles. The van der Waals surface area contributed by atoms with Gasteiger partial charge in [0, 0.05) is 18.1 Å². The third-order valence-electron chi connectivity index (χ3n) is 2.21. The number of nitrogens with zero attached hydrogens (tertiary/aromatic N) is 1. The molecular weight excluding hydrogens is 210 g/mol. The minimum Gasteiger partial charge on any atom is -0.502 e. The van der Waals surface area contributed by atoms with Gasteiger partial charge in [-0.25, -0.2) is 0 Å². The Morgan fingerprint density at radius 3 is 2.69 bits per heavy atom. The van der Waals surface area contributed by atoms with E-state index in [0.717, 1.165) is 6.07 Å². The molecule has 0 saturated heterocycles. The van der Waals surface area contributed by atoms with Gasteiger partial charge < -0.3 is 5.11 Å². The van der Waals surface area contributed by atoms with Gasteiger partial charge in [0.2, 0.25) is 0 Å². The number of benzene rings is 1. The summed E-state index contributed by atoms with van der Waals surface area (Å²) in [7, 11) is 0. The van der Waals surface area contributed by atoms with Crippen LogP contribution >= 0.6 is 0 Å². The van der Waals surface area contributed by atoms with Crippen LogP contribution in [0, 0.1) is 23.5 Å². The number of nitro groups is 1. The Bertz CT molecular complexity index is 440. The zero-order valence-corrected chi connectivity index (χ0v) is 9.06. The van der Waals surface area contributed by atoms with E-state index in [1.165, 1.54) is 6.07 Å². The average molecular weight is 222 g/mol. The van der Waals surface area contributed by atoms with E-state index in [0.29, 0.717) is 5.56 Å². The summed E-state index contributed by atoms with van der Waals surface area (Å²) < 4.78 is 0. The van der Waals surface area contributed by atoms with E-state index in [4.69, 9.17) is 0 Å². The van der Waals surface area contributed by atoms with Crippen LogP contribution in [0.15, 0.2) is 12.1 Å². The molecule has 5 heteroatoms. The zero-order valence-electron chi connectivity index (χ0n) is 9.06. The SMILES string of the molecule is C[CH]CC(=O)c1cc([N+](=O)[O-])c(O)cc1C. The molecule has 0 bridgehead atoms. The molecule has 0 spiro atoms. The second-order valence-corrected chi connectivity index (χ2v) is 3.45. The molecule has 16 heavy (non-hydrogen) atoms. The maximum Gasteiger partial charge on any atom is 0.311 e. The van der Waals surface area contributed by atoms with Crippen LogP contribution in [-0.4, -0.2) is 15.8 Å². The molecule has 0 saturated carbocycles. The van der Waals surface area contributed by atoms with Crippen LogP contribution in [0.25, 0.3) is 0 Å². The number of rotatable bonds is 4. The van der Waals surface area contributed by atoms with Gasteiger partial charge in [0.25, 0.3) is 0 Å². The molecule has 0 atom stereocenters. The lowest BCUT2D eigenvalue weighted by molar-refractivity contribution is -0.385. The monoisotopic (exact) mass is 222 g/mol. The van der Waals surface area contributed by atoms with Gasteiger partial charge in [-0.3, -0.25) is 14.9 Å². The van der Waals surface area contributed by atoms with E-state index in [1.54, 1.807) is 20.3 Å². The Labute approximate surface area is 92.9 Å². The predicted molar refractivity (Wildman–Crippen MR) is 58.4 cm³/mol. The highest BCUT2D eigenvalue weighted by molar-refractivity contribution is 5.99. The normalized spacial score (nSPS) is 10.1. The molecule has 0 fully saturated rings. The van der Waals surface area contributed by atoms with Crippen molar-refractivity contribution in [2.75, 3.05) is 0 Å². The van der Waals surface area contributed by atoms with Crippen molar-refractivity contribution >= 4 is 11.5 Å². The van der Waals surface area contributed by atoms with Crippen molar-refractivity contribution in [1.29, 1.82) is 0 Å². The van der Waals surface area contributed by atoms with E-state index in [1.807, 2.05) is 0 Å². The third kappa shape index (κ3) is 2.36. The van der Waals surface area contributed by atoms with Gasteiger partial charge in [0.15, 0.2) is 11.5 Å². The number of phenols is 1. The van der Waals surface area contributed by atoms with Gasteiger partial charge in [0.1, 0.15) is 0 Å². The number of phenolic OH excluding ortho intramolecular Hbond substituents is 1. The van der Waals surface area contributed by atoms with E-state index >= 15 is 0 Å². The maximum absolute atomic E-state index is 11.6. The summed E-state index contributed by atoms with van der Waals surface area (Å²) in [5, 5.41) is 19.9. The summed E-state index contributed by atoms with van der Waals surface area (Å²) in [5.74, 6) is -0.609. The Balaban J connectivity index is 3.24. The highest BCUT2D eigenvalue weighted by atomic mass is 16.6. The van der Waals surface area contributed by atoms with E-state index in [9.17, 15) is 20.0 Å². The number of carbonyl (C=O) groups excluding carboxylic acids is 1. The van der Waals surface area contributed by atoms with Crippen LogP contribution in [0.1, 0.15) is 29.3 Å². The number of carbonyl (C=O) groups is 1. The minimum atomic E-state index is -0.707. The Morgan fingerprint density at radius 1 is 1.56 bits per heavy atom. The second-order valence-electron chi connectivity index (χ2n) is 3.45. The van der Waals surface area contributed by atoms with Crippen LogP contribution in [0.2, 0.25) is 0 Å². The molecule has 0 aliphatic carbocycles. The van der Waals surface area contributed by atoms with Gasteiger partial charge in [-0.05, 0) is 25.0 Å². The highest BCUT2D eigenvalue weighted by Gasteiger charge is 2.19. The molecule has 5 nitrogen and oxygen atoms in total. The van der Waals surface area contributed by atoms with Crippen LogP contribution < -0.4 is 0 Å². The van der Waals surface area contributed by atoms with E-state index in [-0.39, 0.29) is 17.8 Å². The first-order chi connectivity index (χ1) is 7.47. The molecular formula is C11H12NO4. The van der Waals surface area contributed by atoms with Crippen LogP contribution in [0.4, 0.5) is 5.69 Å². The molecule has 0 aliphatic heterocycles. The van der Waals surface area contributed by atoms with Gasteiger partial charge in [-0.1, -0.05) is 6.92 Å². The van der Waals surface area contributed by atoms with Crippen molar-refractivity contribution in [2.24, 2.45) is 0 Å². The Hall–Kier alpha value is -1.91. The maximum atomic E-state index is 11.6. The predicted octanol–water partition coefficient (Wildman–Crippen LogP) is 2.41. The van der Waals surface area contributed by atoms with Crippen molar-refractivity contribution in [3.8, 4) is 5.75 Å². The van der Waals surface area contributed by atoms with Gasteiger partial charge in [-0.15, -0.1) is 0 Å². The summed E-state index contributed by atoms with van der Waals surface area (Å²) in [5.41, 5.74) is 0.377. The summed E-state index contributed by atoms with van der Waals surface area (Å²) in [6.07, 6.45) is 1.91. The van der Waals surface area contributed by atoms with Crippen LogP contribution in [0.3, 0.4) is 0 Å². The topological polar surface area (TPSA) is 80.4 Å². The number of nitro benzene ring substituents is 1. The molecule has 1 aromatic rings. The molecule has 85 valence electrons. The van der Waals surface area contributed by atoms with Gasteiger partial charge in [-0.2, -0.15) is 0 Å². The lowest BCUT2D eigenvalue weighted by Gasteiger charge is -2.05. The summed E-state index contributed by atoms with van der Waals surface area (Å²) in [4.78, 5) is 21.5. The Morgan fingerprint density at radius 2 is 2.19 bits per heavy atom. The van der Waals surface area contributed by atoms with Crippen LogP contribution in [0.5, 0.6) is 5.75 Å². The number of ketones is 1. The molecule has 0 heterocycles. The Kier molecular flexibility index (Phi) is 3.60. The number of aryl methyl sites for hydroxylation is 1. The van der Waals surface area contributed by atoms with Crippen LogP contribution in [-0.2, 0) is 0 Å². The molecule has 1 radical (unpaired) electrons. The number of aromatic hydroxyl groups is 1. The molecule has 0 unspecified atom stereocenters. The first-order valence-electron chi connectivity index (χ1n) is 4.76. The van der Waals surface area contributed by atoms with Crippen molar-refractivity contribution in [1.82, 2.24) is 0 Å². The van der Waals surface area contributed by atoms with E-state index < -0.39 is 16.4 Å². The summed E-state index contributed by atoms with van der Waals surface area (Å²) in [6, 6.07) is 2.36. The highest BCUT2D eigenvalue weighted by Crippen LogP contribution is 2.29. The summed E-state index contributed by atoms with van der Waals surface area (Å²) in [6.45, 7) is 3.37. The lowest BCUT2D eigenvalue weighted by Crippen LogP contribution is -2.03. The van der Waals surface area contributed by atoms with Gasteiger partial charge >= 0.3 is 5.69 Å². The van der Waals surface area contributed by atoms with E-state index in [2.05, 4.69) is 0 Å². The zero-order chi connectivity index (χ0) is 12.3. The van der Waals surface area contributed by atoms with Crippen molar-refractivity contribution < 1.29 is 14.8 Å². The summed E-state index contributed by atoms with van der Waals surface area (Å²) >= 11 is 0. The smallest absolute Gasteiger partial charge is 0.311 e. The lowest BCUT2D eigenvalue weighted by atomic mass is 10.0. The number of hydrogen-bond acceptors (Lipinski definition) is 4. The first kappa shape index (κ1) is 12.2. The average Bonchev–Trinajstić information content (AvgIpc) is 2.17. The molecule has 1 rings (SSSR count). The third-order valence-corrected chi connectivity index (χ3v) is 2.21. The van der Waals surface area contributed by atoms with Crippen molar-refractivity contribution in [3.63, 3.8) is 0 Å². The number of hydrogen-bond donors (Lipinski definition) is 1. The second kappa shape index (κ2) is 4.74. The molecule has 1 N–H and O–H groups in total. The quantitative estimate of drug-likeness (QED) is 0.482. The van der Waals surface area contributed by atoms with Crippen molar-refractivity contribution in [3.05, 3.63) is 39.8 Å². The molecule has 0 amide bonds. The van der Waals surface area contributed by atoms with Gasteiger partial charge in [0.05, 0.1) is 4.92 Å². The fraction of sp³-hybridized carbons (Fsp3) is 0.273. The minimum absolute atomic E-state index is 0.192. The standard InChI is InChI=1S/C11H12NO4/c1-3-4-10(13)8-6-9(12(15)16)11(14)5-7(8)2/h3,5-6,14H,4H2,1-2H3. The fourth-order valence-corrected chi connectivity index (χ4v) is 1.42. The molecule has 0 aliphatic rings. The largest absolute Gasteiger partial charge is 0.502 e. The van der Waals surface area contributed by atoms with Crippen molar-refractivity contribution in [2.45, 2.75) is 20.3 Å². The first-order valence-corrected chi connectivity index (χ1v) is 4.76. The fourth-order valence-electron chi connectivity index (χ4n) is 1.42.